The molecule has 0 saturated carbocycles. The highest BCUT2D eigenvalue weighted by molar-refractivity contribution is 5.92. The molecule has 0 bridgehead atoms. The van der Waals surface area contributed by atoms with Crippen LogP contribution in [-0.4, -0.2) is 39.0 Å². The van der Waals surface area contributed by atoms with Crippen LogP contribution < -0.4 is 10.2 Å². The van der Waals surface area contributed by atoms with Crippen molar-refractivity contribution in [2.45, 2.75) is 39.7 Å². The Morgan fingerprint density at radius 2 is 1.62 bits per heavy atom. The van der Waals surface area contributed by atoms with Crippen molar-refractivity contribution in [3.63, 3.8) is 0 Å². The average Bonchev–Trinajstić information content (AvgIpc) is 3.23. The van der Waals surface area contributed by atoms with Crippen molar-refractivity contribution >= 4 is 22.6 Å². The van der Waals surface area contributed by atoms with Gasteiger partial charge in [-0.1, -0.05) is 48.5 Å². The van der Waals surface area contributed by atoms with E-state index in [0.29, 0.717) is 0 Å². The monoisotopic (exact) mass is 454 g/mol. The largest absolute Gasteiger partial charge is 0.353 e. The minimum Gasteiger partial charge on any atom is -0.353 e. The molecule has 1 unspecified atom stereocenters. The third-order valence-electron chi connectivity index (χ3n) is 6.81. The van der Waals surface area contributed by atoms with Crippen molar-refractivity contribution in [1.82, 2.24) is 25.3 Å². The molecule has 7 heteroatoms. The second-order valence-electron chi connectivity index (χ2n) is 9.07. The molecule has 0 aliphatic carbocycles. The number of rotatable bonds is 5. The molecule has 4 aromatic rings. The molecule has 0 radical (unpaired) electrons. The highest BCUT2D eigenvalue weighted by Crippen LogP contribution is 2.31. The molecule has 1 amide bonds. The lowest BCUT2D eigenvalue weighted by Gasteiger charge is -2.32. The second-order valence-corrected chi connectivity index (χ2v) is 9.07. The van der Waals surface area contributed by atoms with E-state index in [1.54, 1.807) is 0 Å². The minimum absolute atomic E-state index is 0.0000714. The van der Waals surface area contributed by atoms with Gasteiger partial charge in [-0.15, -0.1) is 5.10 Å². The first-order valence-corrected chi connectivity index (χ1v) is 11.9. The first kappa shape index (κ1) is 22.1. The predicted molar refractivity (Wildman–Crippen MR) is 134 cm³/mol. The zero-order valence-electron chi connectivity index (χ0n) is 19.9. The van der Waals surface area contributed by atoms with Crippen LogP contribution in [0.1, 0.15) is 42.8 Å². The van der Waals surface area contributed by atoms with Crippen molar-refractivity contribution in [2.75, 3.05) is 18.0 Å². The number of hydrogen-bond donors (Lipinski definition) is 1. The third-order valence-corrected chi connectivity index (χ3v) is 6.81. The molecule has 3 heterocycles. The fourth-order valence-electron chi connectivity index (χ4n) is 4.86. The predicted octanol–water partition coefficient (Wildman–Crippen LogP) is 4.53. The van der Waals surface area contributed by atoms with Crippen LogP contribution in [0.15, 0.2) is 60.7 Å². The van der Waals surface area contributed by atoms with Crippen LogP contribution in [0.25, 0.3) is 16.6 Å². The van der Waals surface area contributed by atoms with Gasteiger partial charge in [0.25, 0.3) is 0 Å². The highest BCUT2D eigenvalue weighted by Gasteiger charge is 2.29. The number of carbonyl (C=O) groups is 1. The van der Waals surface area contributed by atoms with E-state index in [4.69, 9.17) is 5.10 Å². The summed E-state index contributed by atoms with van der Waals surface area (Å²) in [7, 11) is 0. The van der Waals surface area contributed by atoms with Crippen LogP contribution in [0.4, 0.5) is 5.82 Å². The average molecular weight is 455 g/mol. The molecule has 0 spiro atoms. The summed E-state index contributed by atoms with van der Waals surface area (Å²) in [6.45, 7) is 7.59. The molecule has 1 atom stereocenters. The van der Waals surface area contributed by atoms with Gasteiger partial charge in [0.2, 0.25) is 5.91 Å². The van der Waals surface area contributed by atoms with Gasteiger partial charge in [-0.3, -0.25) is 4.79 Å². The number of para-hydroxylation sites is 1. The number of carbonyl (C=O) groups excluding carboxylic acids is 1. The summed E-state index contributed by atoms with van der Waals surface area (Å²) in [4.78, 5) is 15.1. The van der Waals surface area contributed by atoms with Gasteiger partial charge in [-0.05, 0) is 51.3 Å². The molecule has 34 heavy (non-hydrogen) atoms. The van der Waals surface area contributed by atoms with E-state index in [1.165, 1.54) is 0 Å². The van der Waals surface area contributed by atoms with E-state index in [-0.39, 0.29) is 17.9 Å². The van der Waals surface area contributed by atoms with Gasteiger partial charge < -0.3 is 10.2 Å². The van der Waals surface area contributed by atoms with E-state index in [0.717, 1.165) is 65.3 Å². The number of aromatic nitrogens is 4. The van der Waals surface area contributed by atoms with E-state index >= 15 is 0 Å². The Bertz CT molecular complexity index is 1290. The second kappa shape index (κ2) is 9.25. The van der Waals surface area contributed by atoms with Gasteiger partial charge in [0.1, 0.15) is 5.52 Å². The van der Waals surface area contributed by atoms with Crippen LogP contribution in [-0.2, 0) is 4.79 Å². The fraction of sp³-hybridized carbons (Fsp3) is 0.333. The van der Waals surface area contributed by atoms with Gasteiger partial charge in [0.05, 0.1) is 28.5 Å². The number of fused-ring (bicyclic) bond motifs is 1. The van der Waals surface area contributed by atoms with Crippen molar-refractivity contribution < 1.29 is 4.79 Å². The van der Waals surface area contributed by atoms with Crippen molar-refractivity contribution in [1.29, 1.82) is 0 Å². The van der Waals surface area contributed by atoms with Crippen molar-refractivity contribution in [3.05, 3.63) is 77.6 Å². The normalized spacial score (nSPS) is 15.4. The Balaban J connectivity index is 1.33. The molecule has 1 aliphatic heterocycles. The van der Waals surface area contributed by atoms with Gasteiger partial charge >= 0.3 is 0 Å². The summed E-state index contributed by atoms with van der Waals surface area (Å²) in [5.74, 6) is 0.926. The molecule has 174 valence electrons. The summed E-state index contributed by atoms with van der Waals surface area (Å²) in [6.07, 6.45) is 1.56. The quantitative estimate of drug-likeness (QED) is 0.480. The van der Waals surface area contributed by atoms with Gasteiger partial charge in [-0.2, -0.15) is 10.2 Å². The van der Waals surface area contributed by atoms with Crippen LogP contribution >= 0.6 is 0 Å². The van der Waals surface area contributed by atoms with E-state index < -0.39 is 0 Å². The smallest absolute Gasteiger partial charge is 0.223 e. The number of amides is 1. The number of aryl methyl sites for hydroxylation is 2. The Hall–Kier alpha value is -3.74. The molecule has 7 nitrogen and oxygen atoms in total. The standard InChI is InChI=1S/C27H30N6O/c1-18(21-10-6-4-7-11-21)28-27(34)22-14-16-32(17-15-22)26-25-24(19(2)29-30-26)20(3)33(31-25)23-12-8-5-9-13-23/h4-13,18,22H,14-17H2,1-3H3,(H,28,34). The van der Waals surface area contributed by atoms with Crippen molar-refractivity contribution in [3.8, 4) is 5.69 Å². The molecule has 5 rings (SSSR count). The van der Waals surface area contributed by atoms with Gasteiger partial charge in [-0.25, -0.2) is 4.68 Å². The summed E-state index contributed by atoms with van der Waals surface area (Å²) < 4.78 is 1.97. The summed E-state index contributed by atoms with van der Waals surface area (Å²) >= 11 is 0. The number of nitrogens with one attached hydrogen (secondary N) is 1. The Morgan fingerprint density at radius 1 is 0.971 bits per heavy atom. The van der Waals surface area contributed by atoms with Crippen LogP contribution in [0, 0.1) is 19.8 Å². The number of anilines is 1. The first-order chi connectivity index (χ1) is 16.5. The molecular formula is C27H30N6O. The molecule has 1 fully saturated rings. The van der Waals surface area contributed by atoms with E-state index in [9.17, 15) is 4.79 Å². The van der Waals surface area contributed by atoms with Gasteiger partial charge in [0, 0.05) is 19.0 Å². The summed E-state index contributed by atoms with van der Waals surface area (Å²) in [5.41, 5.74) is 4.94. The zero-order valence-corrected chi connectivity index (χ0v) is 19.9. The topological polar surface area (TPSA) is 75.9 Å². The number of hydrogen-bond acceptors (Lipinski definition) is 5. The lowest BCUT2D eigenvalue weighted by Crippen LogP contribution is -2.41. The molecular weight excluding hydrogens is 424 g/mol. The lowest BCUT2D eigenvalue weighted by molar-refractivity contribution is -0.126. The maximum atomic E-state index is 12.9. The van der Waals surface area contributed by atoms with E-state index in [1.807, 2.05) is 67.1 Å². The van der Waals surface area contributed by atoms with Crippen LogP contribution in [0.3, 0.4) is 0 Å². The van der Waals surface area contributed by atoms with Crippen LogP contribution in [0.2, 0.25) is 0 Å². The Labute approximate surface area is 199 Å². The SMILES string of the molecule is Cc1nnc(N2CCC(C(=O)NC(C)c3ccccc3)CC2)c2nn(-c3ccccc3)c(C)c12. The summed E-state index contributed by atoms with van der Waals surface area (Å²) in [5, 5.41) is 18.2. The Kier molecular flexibility index (Phi) is 6.01. The Morgan fingerprint density at radius 3 is 2.29 bits per heavy atom. The highest BCUT2D eigenvalue weighted by atomic mass is 16.1. The van der Waals surface area contributed by atoms with Gasteiger partial charge in [0.15, 0.2) is 5.82 Å². The molecule has 1 aliphatic rings. The van der Waals surface area contributed by atoms with E-state index in [2.05, 4.69) is 39.5 Å². The maximum absolute atomic E-state index is 12.9. The number of nitrogens with zero attached hydrogens (tertiary/aromatic N) is 5. The van der Waals surface area contributed by atoms with Crippen LogP contribution in [0.5, 0.6) is 0 Å². The minimum atomic E-state index is -0.000698. The van der Waals surface area contributed by atoms with Crippen molar-refractivity contribution in [2.24, 2.45) is 5.92 Å². The fourth-order valence-corrected chi connectivity index (χ4v) is 4.86. The first-order valence-electron chi connectivity index (χ1n) is 11.9. The third kappa shape index (κ3) is 4.14. The lowest BCUT2D eigenvalue weighted by atomic mass is 9.95. The number of piperidine rings is 1. The molecule has 1 N–H and O–H groups in total. The zero-order chi connectivity index (χ0) is 23.7. The molecule has 1 saturated heterocycles. The number of benzene rings is 2. The maximum Gasteiger partial charge on any atom is 0.223 e. The summed E-state index contributed by atoms with van der Waals surface area (Å²) in [6, 6.07) is 20.2. The molecule has 2 aromatic heterocycles. The molecule has 2 aromatic carbocycles.